The molecule has 3 aromatic rings. The molecule has 0 aliphatic carbocycles. The molecule has 1 aliphatic rings. The Balaban J connectivity index is 1.77. The summed E-state index contributed by atoms with van der Waals surface area (Å²) in [5, 5.41) is 11.3. The first-order valence-corrected chi connectivity index (χ1v) is 11.9. The predicted octanol–water partition coefficient (Wildman–Crippen LogP) is 5.44. The molecule has 0 spiro atoms. The van der Waals surface area contributed by atoms with Crippen LogP contribution < -0.4 is 9.47 Å². The number of ether oxygens (including phenoxy) is 2. The first-order valence-electron chi connectivity index (χ1n) is 11.2. The van der Waals surface area contributed by atoms with Crippen molar-refractivity contribution in [1.82, 2.24) is 4.90 Å². The number of nitrogens with zero attached hydrogens (tertiary/aromatic N) is 1. The first-order chi connectivity index (χ1) is 16.8. The van der Waals surface area contributed by atoms with Gasteiger partial charge in [0.25, 0.3) is 11.7 Å². The molecule has 35 heavy (non-hydrogen) atoms. The van der Waals surface area contributed by atoms with Gasteiger partial charge < -0.3 is 19.5 Å². The second-order valence-corrected chi connectivity index (χ2v) is 9.19. The number of ketones is 1. The van der Waals surface area contributed by atoms with E-state index in [1.807, 2.05) is 49.4 Å². The Kier molecular flexibility index (Phi) is 7.26. The summed E-state index contributed by atoms with van der Waals surface area (Å²) >= 11 is 3.46. The molecule has 1 saturated heterocycles. The number of carbonyl (C=O) groups is 2. The Morgan fingerprint density at radius 1 is 0.971 bits per heavy atom. The van der Waals surface area contributed by atoms with Crippen molar-refractivity contribution in [1.29, 1.82) is 0 Å². The van der Waals surface area contributed by atoms with Crippen LogP contribution in [0, 0.1) is 6.92 Å². The monoisotopic (exact) mass is 535 g/mol. The third kappa shape index (κ3) is 4.95. The van der Waals surface area contributed by atoms with E-state index in [0.717, 1.165) is 21.3 Å². The average molecular weight is 536 g/mol. The highest BCUT2D eigenvalue weighted by molar-refractivity contribution is 9.10. The summed E-state index contributed by atoms with van der Waals surface area (Å²) in [5.74, 6) is -0.191. The number of halogens is 1. The molecule has 180 valence electrons. The smallest absolute Gasteiger partial charge is 0.295 e. The van der Waals surface area contributed by atoms with Crippen molar-refractivity contribution < 1.29 is 24.2 Å². The summed E-state index contributed by atoms with van der Waals surface area (Å²) in [6, 6.07) is 19.4. The highest BCUT2D eigenvalue weighted by atomic mass is 79.9. The van der Waals surface area contributed by atoms with Crippen LogP contribution in [0.4, 0.5) is 0 Å². The van der Waals surface area contributed by atoms with Crippen LogP contribution in [-0.2, 0) is 16.0 Å². The molecule has 1 aliphatic heterocycles. The molecule has 6 nitrogen and oxygen atoms in total. The quantitative estimate of drug-likeness (QED) is 0.247. The molecule has 1 amide bonds. The molecule has 0 radical (unpaired) electrons. The first kappa shape index (κ1) is 24.5. The van der Waals surface area contributed by atoms with Crippen molar-refractivity contribution in [3.8, 4) is 11.5 Å². The largest absolute Gasteiger partial charge is 0.507 e. The van der Waals surface area contributed by atoms with Crippen LogP contribution in [0.1, 0.15) is 28.3 Å². The van der Waals surface area contributed by atoms with E-state index in [4.69, 9.17) is 9.47 Å². The summed E-state index contributed by atoms with van der Waals surface area (Å²) in [7, 11) is 3.17. The van der Waals surface area contributed by atoms with Crippen LogP contribution in [0.25, 0.3) is 5.76 Å². The van der Waals surface area contributed by atoms with Crippen molar-refractivity contribution in [2.24, 2.45) is 0 Å². The van der Waals surface area contributed by atoms with Crippen LogP contribution in [0.3, 0.4) is 0 Å². The van der Waals surface area contributed by atoms with Gasteiger partial charge in [-0.3, -0.25) is 9.59 Å². The van der Waals surface area contributed by atoms with Crippen LogP contribution in [0.15, 0.2) is 76.8 Å². The number of rotatable bonds is 7. The van der Waals surface area contributed by atoms with Gasteiger partial charge in [0, 0.05) is 16.6 Å². The number of Topliss-reactive ketones (excluding diaryl/α,β-unsaturated/α-hetero) is 1. The van der Waals surface area contributed by atoms with Gasteiger partial charge in [0.1, 0.15) is 17.3 Å². The lowest BCUT2D eigenvalue weighted by molar-refractivity contribution is -0.139. The Morgan fingerprint density at radius 2 is 1.69 bits per heavy atom. The number of hydrogen-bond acceptors (Lipinski definition) is 5. The number of aliphatic hydroxyl groups excluding tert-OH is 1. The maximum Gasteiger partial charge on any atom is 0.295 e. The molecule has 4 rings (SSSR count). The molecule has 7 heteroatoms. The zero-order valence-electron chi connectivity index (χ0n) is 19.7. The maximum atomic E-state index is 13.2. The number of aryl methyl sites for hydroxylation is 1. The number of benzene rings is 3. The summed E-state index contributed by atoms with van der Waals surface area (Å²) < 4.78 is 11.5. The second kappa shape index (κ2) is 10.4. The lowest BCUT2D eigenvalue weighted by atomic mass is 9.94. The fraction of sp³-hybridized carbons (Fsp3) is 0.214. The highest BCUT2D eigenvalue weighted by Gasteiger charge is 2.46. The Bertz CT molecular complexity index is 1300. The zero-order chi connectivity index (χ0) is 25.1. The third-order valence-electron chi connectivity index (χ3n) is 6.18. The van der Waals surface area contributed by atoms with Gasteiger partial charge in [-0.2, -0.15) is 0 Å². The Morgan fingerprint density at radius 3 is 2.34 bits per heavy atom. The number of methoxy groups -OCH3 is 2. The summed E-state index contributed by atoms with van der Waals surface area (Å²) in [6.07, 6.45) is 0.537. The third-order valence-corrected chi connectivity index (χ3v) is 7.07. The number of likely N-dealkylation sites (tertiary alicyclic amines) is 1. The molecule has 1 N–H and O–H groups in total. The maximum absolute atomic E-state index is 13.2. The minimum Gasteiger partial charge on any atom is -0.507 e. The highest BCUT2D eigenvalue weighted by Crippen LogP contribution is 2.40. The van der Waals surface area contributed by atoms with Crippen molar-refractivity contribution in [2.75, 3.05) is 20.8 Å². The fourth-order valence-electron chi connectivity index (χ4n) is 4.26. The fourth-order valence-corrected chi connectivity index (χ4v) is 4.50. The van der Waals surface area contributed by atoms with Crippen LogP contribution in [0.2, 0.25) is 0 Å². The predicted molar refractivity (Wildman–Crippen MR) is 138 cm³/mol. The number of amides is 1. The molecule has 1 atom stereocenters. The molecule has 1 fully saturated rings. The van der Waals surface area contributed by atoms with Crippen LogP contribution in [0.5, 0.6) is 11.5 Å². The molecule has 1 unspecified atom stereocenters. The van der Waals surface area contributed by atoms with Crippen molar-refractivity contribution in [2.45, 2.75) is 19.4 Å². The number of carbonyl (C=O) groups excluding carboxylic acids is 2. The number of aliphatic hydroxyl groups is 1. The van der Waals surface area contributed by atoms with Gasteiger partial charge in [0.2, 0.25) is 0 Å². The average Bonchev–Trinajstić information content (AvgIpc) is 3.13. The minimum absolute atomic E-state index is 0.0692. The Hall–Kier alpha value is -3.58. The van der Waals surface area contributed by atoms with Gasteiger partial charge >= 0.3 is 0 Å². The summed E-state index contributed by atoms with van der Waals surface area (Å²) in [6.45, 7) is 2.20. The Labute approximate surface area is 212 Å². The van der Waals surface area contributed by atoms with Crippen molar-refractivity contribution >= 4 is 33.4 Å². The normalized spacial score (nSPS) is 17.0. The van der Waals surface area contributed by atoms with Crippen LogP contribution in [-0.4, -0.2) is 42.5 Å². The van der Waals surface area contributed by atoms with Gasteiger partial charge in [-0.05, 0) is 66.4 Å². The number of hydrogen-bond donors (Lipinski definition) is 1. The van der Waals surface area contributed by atoms with E-state index >= 15 is 0 Å². The van der Waals surface area contributed by atoms with E-state index in [9.17, 15) is 14.7 Å². The molecular weight excluding hydrogens is 510 g/mol. The molecule has 0 saturated carbocycles. The molecule has 0 aromatic heterocycles. The van der Waals surface area contributed by atoms with Gasteiger partial charge in [0.15, 0.2) is 0 Å². The summed E-state index contributed by atoms with van der Waals surface area (Å²) in [5.41, 5.74) is 3.14. The van der Waals surface area contributed by atoms with Gasteiger partial charge in [-0.15, -0.1) is 0 Å². The minimum atomic E-state index is -0.743. The van der Waals surface area contributed by atoms with E-state index in [0.29, 0.717) is 29.8 Å². The van der Waals surface area contributed by atoms with E-state index < -0.39 is 17.7 Å². The molecule has 0 bridgehead atoms. The van der Waals surface area contributed by atoms with Crippen molar-refractivity contribution in [3.63, 3.8) is 0 Å². The lowest BCUT2D eigenvalue weighted by Crippen LogP contribution is -2.31. The van der Waals surface area contributed by atoms with E-state index in [2.05, 4.69) is 15.9 Å². The topological polar surface area (TPSA) is 76.1 Å². The summed E-state index contributed by atoms with van der Waals surface area (Å²) in [4.78, 5) is 28.0. The lowest BCUT2D eigenvalue weighted by Gasteiger charge is -2.25. The molecular formula is C28H26BrNO5. The van der Waals surface area contributed by atoms with Gasteiger partial charge in [0.05, 0.1) is 25.8 Å². The second-order valence-electron chi connectivity index (χ2n) is 8.33. The molecule has 1 heterocycles. The molecule has 3 aromatic carbocycles. The standard InChI is InChI=1S/C28H26BrNO5/c1-17-15-20(9-12-23(17)29)26(31)24-25(19-5-4-6-22(16-19)35-3)30(28(33)27(24)32)14-13-18-7-10-21(34-2)11-8-18/h4-12,15-16,25,31H,13-14H2,1-3H3/b26-24-. The van der Waals surface area contributed by atoms with Crippen LogP contribution >= 0.6 is 15.9 Å². The van der Waals surface area contributed by atoms with E-state index in [1.165, 1.54) is 4.90 Å². The van der Waals surface area contributed by atoms with E-state index in [-0.39, 0.29) is 11.3 Å². The SMILES string of the molecule is COc1ccc(CCN2C(=O)C(=O)/C(=C(\O)c3ccc(Br)c(C)c3)C2c2cccc(OC)c2)cc1. The van der Waals surface area contributed by atoms with Gasteiger partial charge in [-0.25, -0.2) is 0 Å². The zero-order valence-corrected chi connectivity index (χ0v) is 21.3. The van der Waals surface area contributed by atoms with Crippen molar-refractivity contribution in [3.05, 3.63) is 99.0 Å². The van der Waals surface area contributed by atoms with E-state index in [1.54, 1.807) is 38.5 Å². The van der Waals surface area contributed by atoms with Gasteiger partial charge in [-0.1, -0.05) is 46.3 Å².